The van der Waals surface area contributed by atoms with Gasteiger partial charge in [0.1, 0.15) is 5.82 Å². The number of amides is 1. The van der Waals surface area contributed by atoms with Gasteiger partial charge in [-0.15, -0.1) is 0 Å². The molecule has 0 unspecified atom stereocenters. The monoisotopic (exact) mass is 453 g/mol. The smallest absolute Gasteiger partial charge is 0.227 e. The summed E-state index contributed by atoms with van der Waals surface area (Å²) in [6.07, 6.45) is 3.74. The van der Waals surface area contributed by atoms with E-state index in [1.165, 1.54) is 6.92 Å². The Morgan fingerprint density at radius 1 is 0.912 bits per heavy atom. The highest BCUT2D eigenvalue weighted by Gasteiger charge is 2.15. The number of piperazine rings is 1. The summed E-state index contributed by atoms with van der Waals surface area (Å²) >= 11 is 0. The zero-order valence-corrected chi connectivity index (χ0v) is 19.3. The van der Waals surface area contributed by atoms with Crippen LogP contribution in [0.15, 0.2) is 67.0 Å². The molecule has 0 radical (unpaired) electrons. The summed E-state index contributed by atoms with van der Waals surface area (Å²) in [6.45, 7) is 5.56. The Morgan fingerprint density at radius 2 is 1.71 bits per heavy atom. The highest BCUT2D eigenvalue weighted by atomic mass is 16.1. The van der Waals surface area contributed by atoms with Gasteiger partial charge in [0.2, 0.25) is 11.9 Å². The van der Waals surface area contributed by atoms with Crippen molar-refractivity contribution in [2.75, 3.05) is 48.8 Å². The molecule has 0 aliphatic carbocycles. The summed E-state index contributed by atoms with van der Waals surface area (Å²) < 4.78 is 0. The molecule has 1 aliphatic rings. The quantitative estimate of drug-likeness (QED) is 0.470. The molecule has 0 bridgehead atoms. The van der Waals surface area contributed by atoms with Gasteiger partial charge in [-0.3, -0.25) is 4.79 Å². The van der Waals surface area contributed by atoms with Gasteiger partial charge in [0.15, 0.2) is 0 Å². The zero-order chi connectivity index (χ0) is 23.5. The molecular weight excluding hydrogens is 426 g/mol. The Bertz CT molecular complexity index is 1310. The molecule has 172 valence electrons. The van der Waals surface area contributed by atoms with Crippen molar-refractivity contribution < 1.29 is 4.79 Å². The topological polar surface area (TPSA) is 86.3 Å². The Kier molecular flexibility index (Phi) is 6.05. The lowest BCUT2D eigenvalue weighted by Crippen LogP contribution is -2.44. The molecule has 4 aromatic rings. The molecule has 1 aliphatic heterocycles. The van der Waals surface area contributed by atoms with E-state index in [1.54, 1.807) is 0 Å². The molecule has 1 amide bonds. The average molecular weight is 454 g/mol. The summed E-state index contributed by atoms with van der Waals surface area (Å²) in [5, 5.41) is 6.99. The van der Waals surface area contributed by atoms with Crippen molar-refractivity contribution >= 4 is 40.0 Å². The highest BCUT2D eigenvalue weighted by Crippen LogP contribution is 2.29. The Labute approximate surface area is 198 Å². The molecule has 2 N–H and O–H groups in total. The van der Waals surface area contributed by atoms with Gasteiger partial charge in [0.25, 0.3) is 0 Å². The van der Waals surface area contributed by atoms with Gasteiger partial charge < -0.3 is 20.4 Å². The van der Waals surface area contributed by atoms with Crippen LogP contribution in [0.25, 0.3) is 22.0 Å². The summed E-state index contributed by atoms with van der Waals surface area (Å²) in [4.78, 5) is 30.0. The SMILES string of the molecule is CC(=O)Nc1cccc(Nc2ncc3cccc(-c4ccc(N5CCN(C)CC5)nc4)c3n2)c1. The van der Waals surface area contributed by atoms with Gasteiger partial charge in [-0.1, -0.05) is 24.3 Å². The number of aromatic nitrogens is 3. The predicted octanol–water partition coefficient (Wildman–Crippen LogP) is 4.15. The van der Waals surface area contributed by atoms with Gasteiger partial charge in [-0.05, 0) is 37.4 Å². The number of carbonyl (C=O) groups excluding carboxylic acids is 1. The third kappa shape index (κ3) is 4.82. The molecule has 5 rings (SSSR count). The van der Waals surface area contributed by atoms with E-state index in [0.717, 1.165) is 59.7 Å². The molecule has 8 heteroatoms. The standard InChI is InChI=1S/C26H27N7O/c1-18(34)29-21-6-4-7-22(15-21)30-26-28-17-20-5-3-8-23(25(20)31-26)19-9-10-24(27-16-19)33-13-11-32(2)12-14-33/h3-10,15-17H,11-14H2,1-2H3,(H,29,34)(H,28,30,31). The van der Waals surface area contributed by atoms with Crippen LogP contribution in [-0.4, -0.2) is 59.0 Å². The van der Waals surface area contributed by atoms with E-state index in [9.17, 15) is 4.79 Å². The number of carbonyl (C=O) groups is 1. The van der Waals surface area contributed by atoms with Crippen LogP contribution in [0.3, 0.4) is 0 Å². The van der Waals surface area contributed by atoms with Crippen LogP contribution in [0.1, 0.15) is 6.92 Å². The minimum atomic E-state index is -0.115. The molecule has 3 heterocycles. The van der Waals surface area contributed by atoms with E-state index in [0.29, 0.717) is 11.6 Å². The summed E-state index contributed by atoms with van der Waals surface area (Å²) in [5.74, 6) is 1.38. The number of likely N-dealkylation sites (N-methyl/N-ethyl adjacent to an activating group) is 1. The van der Waals surface area contributed by atoms with Gasteiger partial charge in [-0.25, -0.2) is 15.0 Å². The first-order valence-corrected chi connectivity index (χ1v) is 11.4. The van der Waals surface area contributed by atoms with Crippen LogP contribution >= 0.6 is 0 Å². The van der Waals surface area contributed by atoms with Crippen LogP contribution < -0.4 is 15.5 Å². The lowest BCUT2D eigenvalue weighted by molar-refractivity contribution is -0.114. The second-order valence-corrected chi connectivity index (χ2v) is 8.52. The number of nitrogens with zero attached hydrogens (tertiary/aromatic N) is 5. The summed E-state index contributed by atoms with van der Waals surface area (Å²) in [7, 11) is 2.15. The fraction of sp³-hybridized carbons (Fsp3) is 0.231. The van der Waals surface area contributed by atoms with Gasteiger partial charge >= 0.3 is 0 Å². The molecule has 2 aromatic carbocycles. The third-order valence-electron chi connectivity index (χ3n) is 5.94. The highest BCUT2D eigenvalue weighted by molar-refractivity contribution is 5.94. The number of hydrogen-bond acceptors (Lipinski definition) is 7. The van der Waals surface area contributed by atoms with E-state index in [1.807, 2.05) is 48.8 Å². The largest absolute Gasteiger partial charge is 0.354 e. The lowest BCUT2D eigenvalue weighted by Gasteiger charge is -2.33. The van der Waals surface area contributed by atoms with E-state index in [-0.39, 0.29) is 5.91 Å². The first-order valence-electron chi connectivity index (χ1n) is 11.4. The van der Waals surface area contributed by atoms with Crippen molar-refractivity contribution in [2.45, 2.75) is 6.92 Å². The number of benzene rings is 2. The Hall–Kier alpha value is -4.04. The fourth-order valence-corrected chi connectivity index (χ4v) is 4.12. The number of fused-ring (bicyclic) bond motifs is 1. The summed E-state index contributed by atoms with van der Waals surface area (Å²) in [6, 6.07) is 17.7. The number of para-hydroxylation sites is 1. The normalized spacial score (nSPS) is 14.2. The second kappa shape index (κ2) is 9.44. The molecule has 2 aromatic heterocycles. The maximum atomic E-state index is 11.4. The Balaban J connectivity index is 1.41. The molecule has 0 saturated carbocycles. The van der Waals surface area contributed by atoms with Crippen LogP contribution in [0.4, 0.5) is 23.1 Å². The number of rotatable bonds is 5. The molecule has 0 atom stereocenters. The molecule has 0 spiro atoms. The van der Waals surface area contributed by atoms with Crippen molar-refractivity contribution in [3.8, 4) is 11.1 Å². The minimum absolute atomic E-state index is 0.115. The molecular formula is C26H27N7O. The Morgan fingerprint density at radius 3 is 2.47 bits per heavy atom. The maximum absolute atomic E-state index is 11.4. The first kappa shape index (κ1) is 21.8. The van der Waals surface area contributed by atoms with E-state index < -0.39 is 0 Å². The second-order valence-electron chi connectivity index (χ2n) is 8.52. The molecule has 8 nitrogen and oxygen atoms in total. The lowest BCUT2D eigenvalue weighted by atomic mass is 10.0. The van der Waals surface area contributed by atoms with Crippen molar-refractivity contribution in [3.05, 3.63) is 67.0 Å². The van der Waals surface area contributed by atoms with Crippen molar-refractivity contribution in [2.24, 2.45) is 0 Å². The molecule has 34 heavy (non-hydrogen) atoms. The van der Waals surface area contributed by atoms with Crippen LogP contribution in [-0.2, 0) is 4.79 Å². The van der Waals surface area contributed by atoms with Crippen LogP contribution in [0.5, 0.6) is 0 Å². The van der Waals surface area contributed by atoms with E-state index in [2.05, 4.69) is 50.7 Å². The fourth-order valence-electron chi connectivity index (χ4n) is 4.12. The molecule has 1 saturated heterocycles. The maximum Gasteiger partial charge on any atom is 0.227 e. The molecule has 1 fully saturated rings. The average Bonchev–Trinajstić information content (AvgIpc) is 2.84. The van der Waals surface area contributed by atoms with E-state index >= 15 is 0 Å². The van der Waals surface area contributed by atoms with Crippen molar-refractivity contribution in [1.29, 1.82) is 0 Å². The number of pyridine rings is 1. The summed E-state index contributed by atoms with van der Waals surface area (Å²) in [5.41, 5.74) is 4.38. The van der Waals surface area contributed by atoms with Crippen LogP contribution in [0, 0.1) is 0 Å². The minimum Gasteiger partial charge on any atom is -0.354 e. The number of nitrogens with one attached hydrogen (secondary N) is 2. The van der Waals surface area contributed by atoms with Gasteiger partial charge in [0.05, 0.1) is 5.52 Å². The van der Waals surface area contributed by atoms with Crippen molar-refractivity contribution in [3.63, 3.8) is 0 Å². The predicted molar refractivity (Wildman–Crippen MR) is 137 cm³/mol. The van der Waals surface area contributed by atoms with Crippen molar-refractivity contribution in [1.82, 2.24) is 19.9 Å². The third-order valence-corrected chi connectivity index (χ3v) is 5.94. The van der Waals surface area contributed by atoms with Crippen LogP contribution in [0.2, 0.25) is 0 Å². The first-order chi connectivity index (χ1) is 16.5. The van der Waals surface area contributed by atoms with Gasteiger partial charge in [-0.2, -0.15) is 0 Å². The number of hydrogen-bond donors (Lipinski definition) is 2. The van der Waals surface area contributed by atoms with Gasteiger partial charge in [0, 0.05) is 73.4 Å². The number of anilines is 4. The zero-order valence-electron chi connectivity index (χ0n) is 19.3. The van der Waals surface area contributed by atoms with E-state index in [4.69, 9.17) is 9.97 Å².